The number of nitrogens with two attached hydrogens (primary N) is 1. The third-order valence-electron chi connectivity index (χ3n) is 3.44. The molecule has 9 heteroatoms. The first-order valence-electron chi connectivity index (χ1n) is 7.71. The molecular weight excluding hydrogens is 439 g/mol. The molecule has 0 aliphatic carbocycles. The van der Waals surface area contributed by atoms with E-state index in [-0.39, 0.29) is 5.95 Å². The van der Waals surface area contributed by atoms with Gasteiger partial charge in [0.05, 0.1) is 15.7 Å². The summed E-state index contributed by atoms with van der Waals surface area (Å²) in [7, 11) is 0. The number of benzene rings is 1. The van der Waals surface area contributed by atoms with Gasteiger partial charge in [-0.15, -0.1) is 0 Å². The van der Waals surface area contributed by atoms with Crippen LogP contribution in [-0.4, -0.2) is 28.0 Å². The van der Waals surface area contributed by atoms with Gasteiger partial charge in [-0.1, -0.05) is 35.3 Å². The summed E-state index contributed by atoms with van der Waals surface area (Å²) < 4.78 is 0.935. The zero-order chi connectivity index (χ0) is 18.5. The number of nitrogens with one attached hydrogen (secondary N) is 2. The Bertz CT molecular complexity index is 904. The number of aromatic nitrogens is 3. The molecule has 0 unspecified atom stereocenters. The maximum Gasteiger partial charge on any atom is 0.222 e. The first-order chi connectivity index (χ1) is 12.5. The third-order valence-corrected chi connectivity index (χ3v) is 4.72. The van der Waals surface area contributed by atoms with Crippen molar-refractivity contribution in [2.45, 2.75) is 0 Å². The van der Waals surface area contributed by atoms with Gasteiger partial charge in [0.15, 0.2) is 0 Å². The van der Waals surface area contributed by atoms with Crippen molar-refractivity contribution < 1.29 is 0 Å². The van der Waals surface area contributed by atoms with E-state index in [1.165, 1.54) is 0 Å². The molecule has 0 saturated heterocycles. The van der Waals surface area contributed by atoms with E-state index in [0.717, 1.165) is 10.3 Å². The fourth-order valence-electron chi connectivity index (χ4n) is 2.26. The van der Waals surface area contributed by atoms with Gasteiger partial charge in [-0.05, 0) is 34.1 Å². The number of hydrogen-bond acceptors (Lipinski definition) is 6. The van der Waals surface area contributed by atoms with Crippen LogP contribution < -0.4 is 16.4 Å². The van der Waals surface area contributed by atoms with Gasteiger partial charge >= 0.3 is 0 Å². The molecule has 26 heavy (non-hydrogen) atoms. The van der Waals surface area contributed by atoms with E-state index < -0.39 is 0 Å². The number of hydrogen-bond donors (Lipinski definition) is 3. The minimum atomic E-state index is 0.156. The van der Waals surface area contributed by atoms with Crippen LogP contribution in [-0.2, 0) is 0 Å². The van der Waals surface area contributed by atoms with E-state index in [9.17, 15) is 0 Å². The lowest BCUT2D eigenvalue weighted by Crippen LogP contribution is -2.15. The van der Waals surface area contributed by atoms with Crippen LogP contribution in [0.2, 0.25) is 10.0 Å². The van der Waals surface area contributed by atoms with Crippen molar-refractivity contribution in [3.8, 4) is 11.3 Å². The second-order valence-corrected chi connectivity index (χ2v) is 7.01. The van der Waals surface area contributed by atoms with Crippen LogP contribution in [0.5, 0.6) is 0 Å². The molecule has 0 fully saturated rings. The Balaban J connectivity index is 1.66. The quantitative estimate of drug-likeness (QED) is 0.468. The van der Waals surface area contributed by atoms with Gasteiger partial charge in [0, 0.05) is 35.4 Å². The van der Waals surface area contributed by atoms with E-state index in [2.05, 4.69) is 41.5 Å². The minimum Gasteiger partial charge on any atom is -0.368 e. The Labute approximate surface area is 169 Å². The van der Waals surface area contributed by atoms with Gasteiger partial charge in [-0.2, -0.15) is 4.98 Å². The molecule has 0 bridgehead atoms. The highest BCUT2D eigenvalue weighted by Gasteiger charge is 2.10. The van der Waals surface area contributed by atoms with Crippen molar-refractivity contribution in [3.05, 3.63) is 57.1 Å². The van der Waals surface area contributed by atoms with Crippen LogP contribution in [0.15, 0.2) is 47.1 Å². The standard InChI is InChI=1S/C17H15BrCl2N6/c18-10-4-5-14(24-9-10)22-6-7-23-15-8-13(25-17(21)26-15)11-2-1-3-12(19)16(11)20/h1-5,8-9H,6-7H2,(H,22,24)(H3,21,23,25,26). The summed E-state index contributed by atoms with van der Waals surface area (Å²) in [6, 6.07) is 11.0. The van der Waals surface area contributed by atoms with E-state index in [1.807, 2.05) is 24.3 Å². The lowest BCUT2D eigenvalue weighted by molar-refractivity contribution is 1.04. The van der Waals surface area contributed by atoms with E-state index in [4.69, 9.17) is 28.9 Å². The van der Waals surface area contributed by atoms with Gasteiger partial charge in [0.25, 0.3) is 0 Å². The summed E-state index contributed by atoms with van der Waals surface area (Å²) in [4.78, 5) is 12.7. The molecule has 0 saturated carbocycles. The monoisotopic (exact) mass is 452 g/mol. The number of anilines is 3. The molecule has 0 amide bonds. The summed E-state index contributed by atoms with van der Waals surface area (Å²) in [5.41, 5.74) is 7.13. The van der Waals surface area contributed by atoms with Gasteiger partial charge in [-0.3, -0.25) is 0 Å². The van der Waals surface area contributed by atoms with E-state index in [1.54, 1.807) is 18.3 Å². The van der Waals surface area contributed by atoms with Crippen molar-refractivity contribution in [2.24, 2.45) is 0 Å². The van der Waals surface area contributed by atoms with E-state index >= 15 is 0 Å². The van der Waals surface area contributed by atoms with E-state index in [0.29, 0.717) is 40.2 Å². The minimum absolute atomic E-state index is 0.156. The summed E-state index contributed by atoms with van der Waals surface area (Å²) in [5, 5.41) is 7.31. The first-order valence-corrected chi connectivity index (χ1v) is 9.26. The van der Waals surface area contributed by atoms with Crippen molar-refractivity contribution in [1.82, 2.24) is 15.0 Å². The molecule has 134 valence electrons. The van der Waals surface area contributed by atoms with Gasteiger partial charge in [0.1, 0.15) is 11.6 Å². The Morgan fingerprint density at radius 1 is 1.00 bits per heavy atom. The van der Waals surface area contributed by atoms with Crippen LogP contribution in [0.1, 0.15) is 0 Å². The number of pyridine rings is 1. The molecule has 3 aromatic rings. The average molecular weight is 454 g/mol. The fraction of sp³-hybridized carbons (Fsp3) is 0.118. The molecule has 0 radical (unpaired) electrons. The molecule has 2 heterocycles. The lowest BCUT2D eigenvalue weighted by atomic mass is 10.1. The lowest BCUT2D eigenvalue weighted by Gasteiger charge is -2.11. The predicted octanol–water partition coefficient (Wildman–Crippen LogP) is 4.71. The zero-order valence-corrected chi connectivity index (χ0v) is 16.6. The largest absolute Gasteiger partial charge is 0.368 e. The maximum atomic E-state index is 6.26. The highest BCUT2D eigenvalue weighted by molar-refractivity contribution is 9.10. The summed E-state index contributed by atoms with van der Waals surface area (Å²) in [6.07, 6.45) is 1.74. The number of nitrogens with zero attached hydrogens (tertiary/aromatic N) is 3. The van der Waals surface area contributed by atoms with Gasteiger partial charge < -0.3 is 16.4 Å². The molecule has 6 nitrogen and oxygen atoms in total. The molecular formula is C17H15BrCl2N6. The predicted molar refractivity (Wildman–Crippen MR) is 111 cm³/mol. The fourth-order valence-corrected chi connectivity index (χ4v) is 2.89. The first kappa shape index (κ1) is 18.7. The van der Waals surface area contributed by atoms with Crippen LogP contribution in [0.25, 0.3) is 11.3 Å². The highest BCUT2D eigenvalue weighted by Crippen LogP contribution is 2.33. The zero-order valence-electron chi connectivity index (χ0n) is 13.5. The van der Waals surface area contributed by atoms with Crippen molar-refractivity contribution in [3.63, 3.8) is 0 Å². The topological polar surface area (TPSA) is 88.8 Å². The average Bonchev–Trinajstić information content (AvgIpc) is 2.62. The summed E-state index contributed by atoms with van der Waals surface area (Å²) >= 11 is 15.7. The normalized spacial score (nSPS) is 10.6. The second kappa shape index (κ2) is 8.53. The van der Waals surface area contributed by atoms with Gasteiger partial charge in [0.2, 0.25) is 5.95 Å². The SMILES string of the molecule is Nc1nc(NCCNc2ccc(Br)cn2)cc(-c2cccc(Cl)c2Cl)n1. The summed E-state index contributed by atoms with van der Waals surface area (Å²) in [6.45, 7) is 1.28. The number of nitrogen functional groups attached to an aromatic ring is 1. The van der Waals surface area contributed by atoms with Crippen LogP contribution in [0.4, 0.5) is 17.6 Å². The Hall–Kier alpha value is -2.09. The van der Waals surface area contributed by atoms with Crippen LogP contribution in [0.3, 0.4) is 0 Å². The second-order valence-electron chi connectivity index (χ2n) is 5.31. The van der Waals surface area contributed by atoms with Crippen LogP contribution >= 0.6 is 39.1 Å². The van der Waals surface area contributed by atoms with Crippen molar-refractivity contribution in [1.29, 1.82) is 0 Å². The Kier molecular flexibility index (Phi) is 6.13. The molecule has 0 aliphatic heterocycles. The number of halogens is 3. The number of rotatable bonds is 6. The Morgan fingerprint density at radius 2 is 1.77 bits per heavy atom. The molecule has 0 atom stereocenters. The molecule has 0 aliphatic rings. The molecule has 3 rings (SSSR count). The molecule has 2 aromatic heterocycles. The highest BCUT2D eigenvalue weighted by atomic mass is 79.9. The molecule has 0 spiro atoms. The smallest absolute Gasteiger partial charge is 0.222 e. The molecule has 4 N–H and O–H groups in total. The third kappa shape index (κ3) is 4.75. The van der Waals surface area contributed by atoms with Crippen LogP contribution in [0, 0.1) is 0 Å². The van der Waals surface area contributed by atoms with Crippen molar-refractivity contribution in [2.75, 3.05) is 29.5 Å². The Morgan fingerprint density at radius 3 is 2.50 bits per heavy atom. The summed E-state index contributed by atoms with van der Waals surface area (Å²) in [5.74, 6) is 1.56. The molecule has 1 aromatic carbocycles. The van der Waals surface area contributed by atoms with Crippen molar-refractivity contribution >= 4 is 56.7 Å². The van der Waals surface area contributed by atoms with Gasteiger partial charge in [-0.25, -0.2) is 9.97 Å². The maximum absolute atomic E-state index is 6.26.